The van der Waals surface area contributed by atoms with Gasteiger partial charge in [-0.25, -0.2) is 4.39 Å². The lowest BCUT2D eigenvalue weighted by Gasteiger charge is -2.50. The smallest absolute Gasteiger partial charge is 0.260 e. The predicted octanol–water partition coefficient (Wildman–Crippen LogP) is 7.26. The van der Waals surface area contributed by atoms with Crippen LogP contribution in [0.2, 0.25) is 0 Å². The largest absolute Gasteiger partial charge is 0.505 e. The molecule has 0 unspecified atom stereocenters. The number of rotatable bonds is 7. The van der Waals surface area contributed by atoms with Crippen LogP contribution in [0.15, 0.2) is 139 Å². The number of ketones is 1. The highest BCUT2D eigenvalue weighted by atomic mass is 19.1. The van der Waals surface area contributed by atoms with Gasteiger partial charge in [0.15, 0.2) is 17.3 Å². The molecule has 0 spiro atoms. The van der Waals surface area contributed by atoms with Crippen LogP contribution in [0.4, 0.5) is 15.8 Å². The number of hydrazine groups is 1. The van der Waals surface area contributed by atoms with Crippen molar-refractivity contribution in [1.82, 2.24) is 5.01 Å². The summed E-state index contributed by atoms with van der Waals surface area (Å²) in [6.07, 6.45) is 2.05. The molecule has 278 valence electrons. The van der Waals surface area contributed by atoms with Gasteiger partial charge >= 0.3 is 0 Å². The minimum atomic E-state index is -1.65. The summed E-state index contributed by atoms with van der Waals surface area (Å²) in [5.41, 5.74) is 5.31. The van der Waals surface area contributed by atoms with Crippen LogP contribution in [0.1, 0.15) is 51.4 Å². The van der Waals surface area contributed by atoms with Crippen LogP contribution in [-0.2, 0) is 24.6 Å². The second-order valence-corrected chi connectivity index (χ2v) is 15.0. The van der Waals surface area contributed by atoms with Crippen molar-refractivity contribution in [2.24, 2.45) is 23.7 Å². The Morgan fingerprint density at radius 1 is 0.750 bits per heavy atom. The van der Waals surface area contributed by atoms with E-state index in [-0.39, 0.29) is 24.2 Å². The second kappa shape index (κ2) is 13.3. The molecule has 6 atom stereocenters. The third-order valence-corrected chi connectivity index (χ3v) is 12.1. The fourth-order valence-electron chi connectivity index (χ4n) is 9.63. The van der Waals surface area contributed by atoms with Crippen molar-refractivity contribution in [1.29, 1.82) is 0 Å². The number of carbonyl (C=O) groups is 5. The van der Waals surface area contributed by atoms with Gasteiger partial charge in [-0.15, -0.1) is 0 Å². The van der Waals surface area contributed by atoms with Gasteiger partial charge in [-0.1, -0.05) is 102 Å². The topological polar surface area (TPSA) is 124 Å². The summed E-state index contributed by atoms with van der Waals surface area (Å²) < 4.78 is 15.4. The molecule has 0 bridgehead atoms. The number of nitrogens with zero attached hydrogens (tertiary/aromatic N) is 2. The Balaban J connectivity index is 1.15. The van der Waals surface area contributed by atoms with E-state index in [9.17, 15) is 24.3 Å². The van der Waals surface area contributed by atoms with Gasteiger partial charge in [-0.2, -0.15) is 5.01 Å². The number of anilines is 2. The van der Waals surface area contributed by atoms with E-state index >= 15 is 9.18 Å². The highest BCUT2D eigenvalue weighted by molar-refractivity contribution is 6.23. The number of imide groups is 2. The SMILES string of the molecule is Cc1ccc(NN2C(=O)[C@@H]3C[C@@H]4C(=CC[C@@H]5C(=O)N(c6ccc(C(=O)c7ccccc7)cc6)C(=O)[C@@H]54)[C@H](c4cccc(F)c4O)[C@]3(c3ccccc3)C2=O)cc1. The number of hydrogen-bond acceptors (Lipinski definition) is 7. The van der Waals surface area contributed by atoms with Crippen LogP contribution in [0.5, 0.6) is 5.75 Å². The average Bonchev–Trinajstić information content (AvgIpc) is 3.61. The molecule has 2 aliphatic carbocycles. The number of benzene rings is 5. The van der Waals surface area contributed by atoms with E-state index in [1.165, 1.54) is 6.07 Å². The van der Waals surface area contributed by atoms with E-state index in [0.29, 0.717) is 33.6 Å². The number of halogens is 1. The van der Waals surface area contributed by atoms with Crippen molar-refractivity contribution in [2.45, 2.75) is 31.1 Å². The first kappa shape index (κ1) is 35.0. The maximum Gasteiger partial charge on any atom is 0.260 e. The van der Waals surface area contributed by atoms with Crippen molar-refractivity contribution < 1.29 is 33.5 Å². The van der Waals surface area contributed by atoms with E-state index in [1.54, 1.807) is 97.1 Å². The summed E-state index contributed by atoms with van der Waals surface area (Å²) in [7, 11) is 0. The number of hydrogen-bond donors (Lipinski definition) is 2. The lowest BCUT2D eigenvalue weighted by Crippen LogP contribution is -2.53. The van der Waals surface area contributed by atoms with E-state index < -0.39 is 70.2 Å². The molecule has 9 nitrogen and oxygen atoms in total. The summed E-state index contributed by atoms with van der Waals surface area (Å²) in [5.74, 6) is -8.23. The molecule has 5 aromatic carbocycles. The molecule has 2 saturated heterocycles. The molecule has 3 fully saturated rings. The number of fused-ring (bicyclic) bond motifs is 4. The van der Waals surface area contributed by atoms with E-state index in [1.807, 2.05) is 31.2 Å². The van der Waals surface area contributed by atoms with Crippen molar-refractivity contribution in [3.63, 3.8) is 0 Å². The molecule has 0 aromatic heterocycles. The summed E-state index contributed by atoms with van der Waals surface area (Å²) >= 11 is 0. The molecule has 5 aromatic rings. The number of phenols is 1. The van der Waals surface area contributed by atoms with Gasteiger partial charge in [0, 0.05) is 22.6 Å². The van der Waals surface area contributed by atoms with Gasteiger partial charge < -0.3 is 5.11 Å². The quantitative estimate of drug-likeness (QED) is 0.102. The number of carbonyl (C=O) groups excluding carboxylic acids is 5. The first-order chi connectivity index (χ1) is 27.1. The number of phenolic OH excluding ortho intramolecular Hbond substituents is 1. The Morgan fingerprint density at radius 2 is 1.41 bits per heavy atom. The van der Waals surface area contributed by atoms with Gasteiger partial charge in [0.05, 0.1) is 34.5 Å². The van der Waals surface area contributed by atoms with Crippen LogP contribution in [-0.4, -0.2) is 39.5 Å². The fourth-order valence-corrected chi connectivity index (χ4v) is 9.63. The molecule has 9 rings (SSSR count). The number of amides is 4. The number of aromatic hydroxyl groups is 1. The zero-order chi connectivity index (χ0) is 38.9. The molecule has 1 saturated carbocycles. The predicted molar refractivity (Wildman–Crippen MR) is 206 cm³/mol. The molecule has 2 heterocycles. The molecular formula is C46H36FN3O6. The summed E-state index contributed by atoms with van der Waals surface area (Å²) in [4.78, 5) is 73.2. The maximum atomic E-state index is 15.4. The molecule has 56 heavy (non-hydrogen) atoms. The highest BCUT2D eigenvalue weighted by Crippen LogP contribution is 2.65. The standard InChI is InChI=1S/C46H36FN3O6/c1-26-15-19-30(20-16-26)48-50-43(54)36-25-35-32(39(34-13-8-14-37(47)41(34)52)46(36,45(50)56)29-11-6-3-7-12-29)23-24-33-38(35)44(55)49(42(33)53)31-21-17-28(18-22-31)40(51)27-9-4-2-5-10-27/h2-23,33,35-36,38-39,48,52H,24-25H2,1H3/t33-,35+,36-,38-,39+,46+/m0/s1. The van der Waals surface area contributed by atoms with Crippen molar-refractivity contribution in [2.75, 3.05) is 10.3 Å². The number of nitrogens with one attached hydrogen (secondary N) is 1. The van der Waals surface area contributed by atoms with Gasteiger partial charge in [0.1, 0.15) is 0 Å². The second-order valence-electron chi connectivity index (χ2n) is 15.0. The molecule has 10 heteroatoms. The summed E-state index contributed by atoms with van der Waals surface area (Å²) in [6, 6.07) is 35.4. The fraction of sp³-hybridized carbons (Fsp3) is 0.196. The molecule has 4 amide bonds. The average molecular weight is 746 g/mol. The Labute approximate surface area is 322 Å². The third kappa shape index (κ3) is 5.16. The van der Waals surface area contributed by atoms with Crippen LogP contribution in [0.25, 0.3) is 0 Å². The van der Waals surface area contributed by atoms with Crippen molar-refractivity contribution in [3.05, 3.63) is 173 Å². The van der Waals surface area contributed by atoms with Crippen LogP contribution < -0.4 is 10.3 Å². The highest BCUT2D eigenvalue weighted by Gasteiger charge is 2.70. The van der Waals surface area contributed by atoms with Gasteiger partial charge in [0.2, 0.25) is 11.8 Å². The first-order valence-corrected chi connectivity index (χ1v) is 18.6. The summed E-state index contributed by atoms with van der Waals surface area (Å²) in [5, 5.41) is 12.4. The van der Waals surface area contributed by atoms with Crippen molar-refractivity contribution in [3.8, 4) is 5.75 Å². The lowest BCUT2D eigenvalue weighted by molar-refractivity contribution is -0.138. The molecule has 0 radical (unpaired) electrons. The van der Waals surface area contributed by atoms with Gasteiger partial charge in [-0.05, 0) is 73.7 Å². The number of aryl methyl sites for hydroxylation is 1. The maximum absolute atomic E-state index is 15.4. The number of para-hydroxylation sites is 1. The zero-order valence-electron chi connectivity index (χ0n) is 30.3. The monoisotopic (exact) mass is 745 g/mol. The molecular weight excluding hydrogens is 710 g/mol. The minimum Gasteiger partial charge on any atom is -0.505 e. The minimum absolute atomic E-state index is 0.0441. The lowest BCUT2D eigenvalue weighted by atomic mass is 9.49. The van der Waals surface area contributed by atoms with Crippen LogP contribution in [0.3, 0.4) is 0 Å². The van der Waals surface area contributed by atoms with Crippen LogP contribution >= 0.6 is 0 Å². The van der Waals surface area contributed by atoms with E-state index in [2.05, 4.69) is 5.43 Å². The van der Waals surface area contributed by atoms with Crippen LogP contribution in [0, 0.1) is 36.4 Å². The van der Waals surface area contributed by atoms with E-state index in [4.69, 9.17) is 0 Å². The molecule has 2 N–H and O–H groups in total. The Hall–Kier alpha value is -6.68. The first-order valence-electron chi connectivity index (χ1n) is 18.6. The normalized spacial score (nSPS) is 25.4. The Bertz CT molecular complexity index is 2470. The van der Waals surface area contributed by atoms with E-state index in [0.717, 1.165) is 21.5 Å². The van der Waals surface area contributed by atoms with Crippen molar-refractivity contribution >= 4 is 40.8 Å². The van der Waals surface area contributed by atoms with Gasteiger partial charge in [-0.3, -0.25) is 34.3 Å². The zero-order valence-corrected chi connectivity index (χ0v) is 30.3. The summed E-state index contributed by atoms with van der Waals surface area (Å²) in [6.45, 7) is 1.92. The third-order valence-electron chi connectivity index (χ3n) is 12.1. The Kier molecular flexibility index (Phi) is 8.30. The number of allylic oxidation sites excluding steroid dienone is 2. The molecule has 4 aliphatic rings. The molecule has 2 aliphatic heterocycles. The van der Waals surface area contributed by atoms with Gasteiger partial charge in [0.25, 0.3) is 11.8 Å². The Morgan fingerprint density at radius 3 is 2.11 bits per heavy atom.